The third-order valence-electron chi connectivity index (χ3n) is 5.57. The van der Waals surface area contributed by atoms with Gasteiger partial charge in [-0.25, -0.2) is 0 Å². The Morgan fingerprint density at radius 3 is 1.11 bits per heavy atom. The van der Waals surface area contributed by atoms with Crippen LogP contribution in [-0.2, 0) is 4.52 Å². The molecule has 0 atom stereocenters. The van der Waals surface area contributed by atoms with Crippen molar-refractivity contribution in [2.75, 3.05) is 46.8 Å². The van der Waals surface area contributed by atoms with Gasteiger partial charge in [0.25, 0.3) is 0 Å². The van der Waals surface area contributed by atoms with E-state index in [0.29, 0.717) is 0 Å². The minimum absolute atomic E-state index is 1.06. The van der Waals surface area contributed by atoms with Crippen molar-refractivity contribution in [3.8, 4) is 0 Å². The van der Waals surface area contributed by atoms with Crippen LogP contribution in [0.2, 0.25) is 0 Å². The first-order valence-electron chi connectivity index (χ1n) is 14.2. The van der Waals surface area contributed by atoms with Crippen LogP contribution >= 0.6 is 32.1 Å². The van der Waals surface area contributed by atoms with E-state index in [2.05, 4.69) is 51.5 Å². The summed E-state index contributed by atoms with van der Waals surface area (Å²) in [6, 6.07) is 0. The number of aliphatic imine (C=N–C) groups is 2. The molecule has 0 fully saturated rings. The van der Waals surface area contributed by atoms with E-state index in [1.807, 2.05) is 14.1 Å². The van der Waals surface area contributed by atoms with E-state index in [0.717, 1.165) is 23.4 Å². The van der Waals surface area contributed by atoms with Gasteiger partial charge in [0.05, 0.1) is 0 Å². The molecule has 0 amide bonds. The first-order chi connectivity index (χ1) is 18.0. The smallest absolute Gasteiger partial charge is 0.326 e. The second-order valence-electron chi connectivity index (χ2n) is 8.70. The molecule has 0 rings (SSSR count). The van der Waals surface area contributed by atoms with Crippen molar-refractivity contribution in [3.05, 3.63) is 0 Å². The number of rotatable bonds is 19. The van der Waals surface area contributed by atoms with Gasteiger partial charge in [-0.2, -0.15) is 0 Å². The summed E-state index contributed by atoms with van der Waals surface area (Å²) in [5, 5.41) is 8.80. The fourth-order valence-electron chi connectivity index (χ4n) is 3.39. The molecule has 0 aliphatic heterocycles. The lowest BCUT2D eigenvalue weighted by atomic mass is 10.1. The van der Waals surface area contributed by atoms with E-state index in [1.165, 1.54) is 110 Å². The summed E-state index contributed by atoms with van der Waals surface area (Å²) < 4.78 is 3.93. The molecule has 10 heteroatoms. The predicted octanol–water partition coefficient (Wildman–Crippen LogP) is 7.98. The molecule has 0 saturated heterocycles. The van der Waals surface area contributed by atoms with Crippen molar-refractivity contribution < 1.29 is 14.3 Å². The van der Waals surface area contributed by atoms with Crippen LogP contribution in [-0.4, -0.2) is 66.9 Å². The summed E-state index contributed by atoms with van der Waals surface area (Å²) >= 11 is 3.37. The van der Waals surface area contributed by atoms with Crippen LogP contribution in [0.15, 0.2) is 9.98 Å². The lowest BCUT2D eigenvalue weighted by Crippen LogP contribution is -2.21. The van der Waals surface area contributed by atoms with E-state index in [1.54, 1.807) is 23.5 Å². The van der Waals surface area contributed by atoms with Crippen molar-refractivity contribution in [1.82, 2.24) is 10.6 Å². The molecule has 0 bridgehead atoms. The molecule has 0 aromatic heterocycles. The summed E-state index contributed by atoms with van der Waals surface area (Å²) in [4.78, 5) is 23.8. The summed E-state index contributed by atoms with van der Waals surface area (Å²) in [7, 11) is 2.81. The minimum Gasteiger partial charge on any atom is -0.365 e. The molecule has 37 heavy (non-hydrogen) atoms. The Bertz CT molecular complexity index is 451. The number of amidine groups is 2. The van der Waals surface area contributed by atoms with Gasteiger partial charge in [0.1, 0.15) is 0 Å². The molecule has 4 N–H and O–H groups in total. The molecule has 7 nitrogen and oxygen atoms in total. The molecule has 0 aliphatic rings. The molecule has 0 saturated carbocycles. The van der Waals surface area contributed by atoms with Crippen molar-refractivity contribution >= 4 is 42.5 Å². The Morgan fingerprint density at radius 2 is 0.892 bits per heavy atom. The van der Waals surface area contributed by atoms with E-state index >= 15 is 0 Å². The molecule has 224 valence electrons. The van der Waals surface area contributed by atoms with Crippen molar-refractivity contribution in [2.24, 2.45) is 9.98 Å². The van der Waals surface area contributed by atoms with Crippen LogP contribution in [0.25, 0.3) is 0 Å². The highest BCUT2D eigenvalue weighted by molar-refractivity contribution is 8.13. The summed E-state index contributed by atoms with van der Waals surface area (Å²) in [6.45, 7) is 6.68. The maximum absolute atomic E-state index is 7.76. The molecule has 0 aliphatic carbocycles. The van der Waals surface area contributed by atoms with Crippen LogP contribution in [0.4, 0.5) is 0 Å². The van der Waals surface area contributed by atoms with Crippen LogP contribution in [0.3, 0.4) is 0 Å². The van der Waals surface area contributed by atoms with Crippen molar-refractivity contribution in [1.29, 1.82) is 0 Å². The third kappa shape index (κ3) is 40.6. The standard InChI is InChI=1S/2C13H28N2S.CH5O3P/c2*1-4-5-6-7-8-9-10-11-12-15-13(14-2)16-3;1-4-5(2)3/h2*4-12H2,1-3H3,(H,14,15);2-3H,1H3. The molecular formula is C27H61N4O3PS2. The molecule has 0 unspecified atom stereocenters. The molecule has 0 aromatic carbocycles. The quantitative estimate of drug-likeness (QED) is 0.0529. The lowest BCUT2D eigenvalue weighted by Gasteiger charge is -2.06. The van der Waals surface area contributed by atoms with Gasteiger partial charge < -0.3 is 24.9 Å². The van der Waals surface area contributed by atoms with Crippen molar-refractivity contribution in [3.63, 3.8) is 0 Å². The second-order valence-corrected chi connectivity index (χ2v) is 11.2. The topological polar surface area (TPSA) is 98.5 Å². The molecule has 0 radical (unpaired) electrons. The normalized spacial score (nSPS) is 11.5. The van der Waals surface area contributed by atoms with Gasteiger partial charge >= 0.3 is 8.60 Å². The number of nitrogens with zero attached hydrogens (tertiary/aromatic N) is 2. The zero-order valence-electron chi connectivity index (χ0n) is 25.2. The van der Waals surface area contributed by atoms with Gasteiger partial charge in [-0.15, -0.1) is 0 Å². The first-order valence-corrected chi connectivity index (χ1v) is 17.8. The van der Waals surface area contributed by atoms with Crippen LogP contribution in [0.1, 0.15) is 117 Å². The van der Waals surface area contributed by atoms with Crippen molar-refractivity contribution in [2.45, 2.75) is 117 Å². The predicted molar refractivity (Wildman–Crippen MR) is 173 cm³/mol. The fourth-order valence-corrected chi connectivity index (χ4v) is 4.25. The second kappa shape index (κ2) is 38.1. The largest absolute Gasteiger partial charge is 0.365 e. The highest BCUT2D eigenvalue weighted by Crippen LogP contribution is 2.20. The van der Waals surface area contributed by atoms with E-state index in [4.69, 9.17) is 9.79 Å². The van der Waals surface area contributed by atoms with E-state index in [9.17, 15) is 0 Å². The first kappa shape index (κ1) is 41.4. The Kier molecular flexibility index (Phi) is 42.7. The summed E-state index contributed by atoms with van der Waals surface area (Å²) in [5.74, 6) is 0. The highest BCUT2D eigenvalue weighted by atomic mass is 32.2. The SMILES string of the molecule is CCCCCCCCCCNC(=NC)SC.CCCCCCCCCCNC(=NC)SC.COP(O)O. The van der Waals surface area contributed by atoms with Gasteiger partial charge in [-0.05, 0) is 25.4 Å². The Morgan fingerprint density at radius 1 is 0.622 bits per heavy atom. The number of thioether (sulfide) groups is 2. The third-order valence-corrected chi connectivity index (χ3v) is 7.32. The maximum atomic E-state index is 7.76. The van der Waals surface area contributed by atoms with Gasteiger partial charge in [-0.1, -0.05) is 127 Å². The number of unbranched alkanes of at least 4 members (excludes halogenated alkanes) is 14. The lowest BCUT2D eigenvalue weighted by molar-refractivity contribution is 0.310. The average molecular weight is 585 g/mol. The van der Waals surface area contributed by atoms with Gasteiger partial charge in [0.15, 0.2) is 10.3 Å². The van der Waals surface area contributed by atoms with E-state index in [-0.39, 0.29) is 0 Å². The van der Waals surface area contributed by atoms with Gasteiger partial charge in [0.2, 0.25) is 0 Å². The average Bonchev–Trinajstić information content (AvgIpc) is 2.92. The summed E-state index contributed by atoms with van der Waals surface area (Å²) in [5.41, 5.74) is 0. The number of nitrogens with one attached hydrogen (secondary N) is 2. The zero-order valence-corrected chi connectivity index (χ0v) is 27.7. The molecule has 0 aromatic rings. The van der Waals surface area contributed by atoms with Crippen LogP contribution in [0.5, 0.6) is 0 Å². The fraction of sp³-hybridized carbons (Fsp3) is 0.926. The maximum Gasteiger partial charge on any atom is 0.326 e. The summed E-state index contributed by atoms with van der Waals surface area (Å²) in [6.07, 6.45) is 26.2. The Labute approximate surface area is 240 Å². The molecular weight excluding hydrogens is 523 g/mol. The number of hydrogen-bond acceptors (Lipinski definition) is 7. The van der Waals surface area contributed by atoms with Crippen LogP contribution < -0.4 is 10.6 Å². The molecule has 0 spiro atoms. The van der Waals surface area contributed by atoms with Crippen LogP contribution in [0, 0.1) is 0 Å². The monoisotopic (exact) mass is 584 g/mol. The number of hydrogen-bond donors (Lipinski definition) is 4. The zero-order chi connectivity index (χ0) is 28.4. The highest BCUT2D eigenvalue weighted by Gasteiger charge is 1.96. The Hall–Kier alpha value is -0.0500. The van der Waals surface area contributed by atoms with Gasteiger partial charge in [-0.3, -0.25) is 9.98 Å². The minimum atomic E-state index is -2.10. The Balaban J connectivity index is -0.000000528. The van der Waals surface area contributed by atoms with E-state index < -0.39 is 8.60 Å². The van der Waals surface area contributed by atoms with Gasteiger partial charge in [0, 0.05) is 34.3 Å². The molecule has 0 heterocycles.